The van der Waals surface area contributed by atoms with Crippen molar-refractivity contribution in [1.82, 2.24) is 9.88 Å². The van der Waals surface area contributed by atoms with Crippen molar-refractivity contribution in [3.8, 4) is 11.1 Å². The molecule has 7 nitrogen and oxygen atoms in total. The number of aromatic nitrogens is 1. The molecule has 2 aliphatic rings. The van der Waals surface area contributed by atoms with E-state index in [0.717, 1.165) is 11.1 Å². The first-order valence-corrected chi connectivity index (χ1v) is 14.6. The molecular weight excluding hydrogens is 608 g/mol. The molecule has 2 atom stereocenters. The first-order valence-electron chi connectivity index (χ1n) is 13.8. The van der Waals surface area contributed by atoms with Crippen LogP contribution in [0.4, 0.5) is 14.5 Å². The molecule has 2 amide bonds. The summed E-state index contributed by atoms with van der Waals surface area (Å²) < 4.78 is 34.3. The van der Waals surface area contributed by atoms with Crippen LogP contribution < -0.4 is 5.32 Å². The molecule has 0 saturated carbocycles. The van der Waals surface area contributed by atoms with E-state index in [1.165, 1.54) is 25.3 Å². The fourth-order valence-electron chi connectivity index (χ4n) is 5.54. The average Bonchev–Trinajstić information content (AvgIpc) is 2.97. The van der Waals surface area contributed by atoms with Crippen LogP contribution in [0.15, 0.2) is 59.2 Å². The number of esters is 1. The van der Waals surface area contributed by atoms with Crippen LogP contribution in [0.5, 0.6) is 0 Å². The molecule has 3 aromatic rings. The number of hydrogen-bond donors (Lipinski definition) is 1. The van der Waals surface area contributed by atoms with Gasteiger partial charge in [0.2, 0.25) is 11.8 Å². The van der Waals surface area contributed by atoms with Gasteiger partial charge in [-0.3, -0.25) is 19.4 Å². The van der Waals surface area contributed by atoms with Gasteiger partial charge in [-0.15, -0.1) is 0 Å². The van der Waals surface area contributed by atoms with E-state index in [1.807, 2.05) is 31.2 Å². The molecule has 0 unspecified atom stereocenters. The van der Waals surface area contributed by atoms with E-state index in [-0.39, 0.29) is 53.1 Å². The molecule has 2 bridgehead atoms. The third kappa shape index (κ3) is 6.13. The quantitative estimate of drug-likeness (QED) is 0.257. The molecule has 0 fully saturated rings. The maximum atomic E-state index is 14.8. The number of anilines is 1. The predicted molar refractivity (Wildman–Crippen MR) is 158 cm³/mol. The minimum atomic E-state index is -0.733. The Labute approximate surface area is 251 Å². The van der Waals surface area contributed by atoms with Crippen LogP contribution in [0.25, 0.3) is 16.7 Å². The zero-order valence-corrected chi connectivity index (χ0v) is 24.8. The lowest BCUT2D eigenvalue weighted by molar-refractivity contribution is -0.139. The van der Waals surface area contributed by atoms with Crippen molar-refractivity contribution in [2.24, 2.45) is 5.92 Å². The molecule has 0 spiro atoms. The van der Waals surface area contributed by atoms with Crippen LogP contribution in [0.2, 0.25) is 0 Å². The lowest BCUT2D eigenvalue weighted by Gasteiger charge is -2.34. The normalized spacial score (nSPS) is 19.2. The Balaban J connectivity index is 1.52. The number of nitrogens with zero attached hydrogens (tertiary/aromatic N) is 2. The highest BCUT2D eigenvalue weighted by molar-refractivity contribution is 9.10. The summed E-state index contributed by atoms with van der Waals surface area (Å²) in [5.74, 6) is -2.63. The number of rotatable bonds is 4. The molecule has 1 N–H and O–H groups in total. The van der Waals surface area contributed by atoms with Crippen molar-refractivity contribution in [2.45, 2.75) is 45.1 Å². The molecule has 2 aromatic carbocycles. The maximum absolute atomic E-state index is 14.8. The van der Waals surface area contributed by atoms with Crippen molar-refractivity contribution < 1.29 is 27.9 Å². The summed E-state index contributed by atoms with van der Waals surface area (Å²) in [6, 6.07) is 11.3. The zero-order chi connectivity index (χ0) is 30.0. The van der Waals surface area contributed by atoms with Crippen LogP contribution in [-0.4, -0.2) is 41.3 Å². The molecular formula is C32H30BrF2N3O4. The molecule has 5 rings (SSSR count). The van der Waals surface area contributed by atoms with Crippen molar-refractivity contribution in [1.29, 1.82) is 0 Å². The Morgan fingerprint density at radius 2 is 1.95 bits per heavy atom. The highest BCUT2D eigenvalue weighted by Crippen LogP contribution is 2.37. The van der Waals surface area contributed by atoms with Gasteiger partial charge in [-0.25, -0.2) is 8.78 Å². The number of methoxy groups -OCH3 is 1. The minimum absolute atomic E-state index is 0.0686. The van der Waals surface area contributed by atoms with E-state index >= 15 is 0 Å². The van der Waals surface area contributed by atoms with Crippen LogP contribution in [0.3, 0.4) is 0 Å². The van der Waals surface area contributed by atoms with Gasteiger partial charge < -0.3 is 15.0 Å². The molecule has 42 heavy (non-hydrogen) atoms. The monoisotopic (exact) mass is 637 g/mol. The van der Waals surface area contributed by atoms with Gasteiger partial charge in [0.05, 0.1) is 35.3 Å². The van der Waals surface area contributed by atoms with Crippen molar-refractivity contribution in [3.63, 3.8) is 0 Å². The fourth-order valence-corrected chi connectivity index (χ4v) is 5.87. The van der Waals surface area contributed by atoms with E-state index in [2.05, 4.69) is 26.2 Å². The van der Waals surface area contributed by atoms with Gasteiger partial charge in [0.1, 0.15) is 11.6 Å². The molecule has 3 heterocycles. The Hall–Kier alpha value is -3.92. The Bertz CT molecular complexity index is 1590. The number of ether oxygens (including phenoxy) is 1. The SMILES string of the molecule is COC(=O)Cc1ccc2c(c1)NC(=O)[C@H](C)CCC[C@H](N1CCC(c3c(F)ccc(Br)c3F)=CC1=O)c1cc-2ccn1. The highest BCUT2D eigenvalue weighted by atomic mass is 79.9. The number of nitrogens with one attached hydrogen (secondary N) is 1. The number of fused-ring (bicyclic) bond motifs is 4. The van der Waals surface area contributed by atoms with Gasteiger partial charge in [0.25, 0.3) is 0 Å². The van der Waals surface area contributed by atoms with Crippen molar-refractivity contribution >= 4 is 45.0 Å². The topological polar surface area (TPSA) is 88.6 Å². The van der Waals surface area contributed by atoms with Crippen LogP contribution in [0.1, 0.15) is 55.5 Å². The molecule has 1 aromatic heterocycles. The summed E-state index contributed by atoms with van der Waals surface area (Å²) in [5.41, 5.74) is 3.61. The second-order valence-corrected chi connectivity index (χ2v) is 11.5. The van der Waals surface area contributed by atoms with Gasteiger partial charge in [-0.1, -0.05) is 25.5 Å². The zero-order valence-electron chi connectivity index (χ0n) is 23.3. The first kappa shape index (κ1) is 29.6. The van der Waals surface area contributed by atoms with Gasteiger partial charge in [-0.2, -0.15) is 0 Å². The summed E-state index contributed by atoms with van der Waals surface area (Å²) in [6.45, 7) is 2.11. The summed E-state index contributed by atoms with van der Waals surface area (Å²) in [5, 5.41) is 3.04. The van der Waals surface area contributed by atoms with Crippen molar-refractivity contribution in [2.75, 3.05) is 19.0 Å². The third-order valence-corrected chi connectivity index (χ3v) is 8.47. The minimum Gasteiger partial charge on any atom is -0.469 e. The van der Waals surface area contributed by atoms with E-state index in [9.17, 15) is 23.2 Å². The smallest absolute Gasteiger partial charge is 0.309 e. The Morgan fingerprint density at radius 3 is 2.71 bits per heavy atom. The number of hydrogen-bond acceptors (Lipinski definition) is 5. The number of carbonyl (C=O) groups is 3. The van der Waals surface area contributed by atoms with Gasteiger partial charge >= 0.3 is 5.97 Å². The number of benzene rings is 2. The average molecular weight is 639 g/mol. The summed E-state index contributed by atoms with van der Waals surface area (Å²) in [4.78, 5) is 44.8. The van der Waals surface area contributed by atoms with Gasteiger partial charge in [0.15, 0.2) is 0 Å². The Kier molecular flexibility index (Phi) is 8.82. The second-order valence-electron chi connectivity index (χ2n) is 10.6. The summed E-state index contributed by atoms with van der Waals surface area (Å²) >= 11 is 3.10. The number of amides is 2. The molecule has 10 heteroatoms. The lowest BCUT2D eigenvalue weighted by Crippen LogP contribution is -2.38. The first-order chi connectivity index (χ1) is 20.2. The highest BCUT2D eigenvalue weighted by Gasteiger charge is 2.31. The fraction of sp³-hybridized carbons (Fsp3) is 0.312. The van der Waals surface area contributed by atoms with Crippen LogP contribution in [0, 0.1) is 17.6 Å². The third-order valence-electron chi connectivity index (χ3n) is 7.86. The summed E-state index contributed by atoms with van der Waals surface area (Å²) in [7, 11) is 1.33. The van der Waals surface area contributed by atoms with Crippen LogP contribution >= 0.6 is 15.9 Å². The predicted octanol–water partition coefficient (Wildman–Crippen LogP) is 6.62. The van der Waals surface area contributed by atoms with Crippen LogP contribution in [-0.2, 0) is 25.5 Å². The largest absolute Gasteiger partial charge is 0.469 e. The van der Waals surface area contributed by atoms with Gasteiger partial charge in [0, 0.05) is 36.0 Å². The second kappa shape index (κ2) is 12.5. The molecule has 218 valence electrons. The molecule has 0 saturated heterocycles. The van der Waals surface area contributed by atoms with E-state index in [1.54, 1.807) is 17.2 Å². The van der Waals surface area contributed by atoms with E-state index in [4.69, 9.17) is 4.74 Å². The number of carbonyl (C=O) groups excluding carboxylic acids is 3. The molecule has 0 aliphatic carbocycles. The Morgan fingerprint density at radius 1 is 1.14 bits per heavy atom. The molecule has 0 radical (unpaired) electrons. The standard InChI is InChI=1S/C32H30BrF2N3O4/c1-18-4-3-5-27(38-13-11-21(17-28(38)39)30-24(34)9-8-23(33)31(30)35)26-16-20(10-12-36-26)22-7-6-19(15-29(40)42-2)14-25(22)37-32(18)41/h6-10,12,14,16-18,27H,3-5,11,13,15H2,1-2H3,(H,37,41)/t18-,27+/m1/s1. The van der Waals surface area contributed by atoms with E-state index in [0.29, 0.717) is 41.8 Å². The number of pyridine rings is 1. The lowest BCUT2D eigenvalue weighted by atomic mass is 9.92. The molecule has 2 aliphatic heterocycles. The van der Waals surface area contributed by atoms with Crippen molar-refractivity contribution in [3.05, 3.63) is 87.7 Å². The maximum Gasteiger partial charge on any atom is 0.309 e. The van der Waals surface area contributed by atoms with E-state index < -0.39 is 17.7 Å². The number of halogens is 3. The summed E-state index contributed by atoms with van der Waals surface area (Å²) in [6.07, 6.45) is 5.11. The van der Waals surface area contributed by atoms with Gasteiger partial charge in [-0.05, 0) is 82.2 Å².